The number of fused-ring (bicyclic) bond motifs is 1. The number of halogens is 1. The fourth-order valence-electron chi connectivity index (χ4n) is 2.29. The molecule has 0 atom stereocenters. The molecule has 0 spiro atoms. The molecule has 7 heteroatoms. The van der Waals surface area contributed by atoms with Gasteiger partial charge in [-0.3, -0.25) is 0 Å². The van der Waals surface area contributed by atoms with E-state index in [0.29, 0.717) is 16.7 Å². The normalized spacial score (nSPS) is 24.3. The maximum atomic E-state index is 9.49. The van der Waals surface area contributed by atoms with Crippen molar-refractivity contribution in [2.24, 2.45) is 0 Å². The van der Waals surface area contributed by atoms with Crippen LogP contribution in [0.2, 0.25) is 0 Å². The van der Waals surface area contributed by atoms with Crippen molar-refractivity contribution in [1.82, 2.24) is 19.6 Å². The summed E-state index contributed by atoms with van der Waals surface area (Å²) in [6.07, 6.45) is 5.16. The van der Waals surface area contributed by atoms with E-state index in [0.717, 1.165) is 31.3 Å². The Hall–Kier alpha value is -1.21. The van der Waals surface area contributed by atoms with Gasteiger partial charge in [-0.2, -0.15) is 4.52 Å². The van der Waals surface area contributed by atoms with Crippen LogP contribution in [0.25, 0.3) is 5.65 Å². The second kappa shape index (κ2) is 4.81. The molecule has 6 nitrogen and oxygen atoms in total. The summed E-state index contributed by atoms with van der Waals surface area (Å²) in [4.78, 5) is 8.53. The molecule has 2 aromatic heterocycles. The summed E-state index contributed by atoms with van der Waals surface area (Å²) in [7, 11) is 0. The van der Waals surface area contributed by atoms with Gasteiger partial charge in [0.2, 0.25) is 10.7 Å². The van der Waals surface area contributed by atoms with Crippen LogP contribution >= 0.6 is 15.9 Å². The lowest BCUT2D eigenvalue weighted by molar-refractivity contribution is 0.126. The van der Waals surface area contributed by atoms with Crippen molar-refractivity contribution in [3.8, 4) is 0 Å². The van der Waals surface area contributed by atoms with Gasteiger partial charge in [-0.15, -0.1) is 5.10 Å². The third kappa shape index (κ3) is 2.32. The highest BCUT2D eigenvalue weighted by Gasteiger charge is 2.20. The number of nitrogens with zero attached hydrogens (tertiary/aromatic N) is 4. The zero-order valence-electron chi connectivity index (χ0n) is 9.75. The molecule has 0 unspecified atom stereocenters. The average molecular weight is 312 g/mol. The highest BCUT2D eigenvalue weighted by Crippen LogP contribution is 2.21. The maximum absolute atomic E-state index is 9.49. The van der Waals surface area contributed by atoms with Crippen LogP contribution < -0.4 is 5.32 Å². The van der Waals surface area contributed by atoms with Gasteiger partial charge < -0.3 is 10.4 Å². The molecule has 0 amide bonds. The Morgan fingerprint density at radius 1 is 1.33 bits per heavy atom. The molecule has 3 rings (SSSR count). The van der Waals surface area contributed by atoms with E-state index in [4.69, 9.17) is 0 Å². The lowest BCUT2D eigenvalue weighted by atomic mass is 9.93. The average Bonchev–Trinajstić information content (AvgIpc) is 2.73. The second-order valence-electron chi connectivity index (χ2n) is 4.57. The molecule has 0 saturated heterocycles. The van der Waals surface area contributed by atoms with E-state index in [9.17, 15) is 5.11 Å². The van der Waals surface area contributed by atoms with E-state index in [2.05, 4.69) is 36.3 Å². The standard InChI is InChI=1S/C11H14BrN5O/c12-10-15-9-5-6-13-11(17(9)16-10)14-7-1-3-8(18)4-2-7/h5-8,18H,1-4H2,(H,13,14). The van der Waals surface area contributed by atoms with Crippen LogP contribution in [0.3, 0.4) is 0 Å². The fourth-order valence-corrected chi connectivity index (χ4v) is 2.63. The topological polar surface area (TPSA) is 75.3 Å². The van der Waals surface area contributed by atoms with E-state index < -0.39 is 0 Å². The highest BCUT2D eigenvalue weighted by molar-refractivity contribution is 9.10. The van der Waals surface area contributed by atoms with Gasteiger partial charge in [-0.05, 0) is 41.6 Å². The van der Waals surface area contributed by atoms with Crippen molar-refractivity contribution in [2.45, 2.75) is 37.8 Å². The summed E-state index contributed by atoms with van der Waals surface area (Å²) in [5.74, 6) is 0.701. The van der Waals surface area contributed by atoms with Crippen LogP contribution in [0.15, 0.2) is 17.0 Å². The second-order valence-corrected chi connectivity index (χ2v) is 5.28. The SMILES string of the molecule is OC1CCC(Nc2nccc3nc(Br)nn23)CC1. The van der Waals surface area contributed by atoms with Crippen molar-refractivity contribution >= 4 is 27.5 Å². The lowest BCUT2D eigenvalue weighted by Crippen LogP contribution is -2.29. The van der Waals surface area contributed by atoms with Crippen LogP contribution in [0.4, 0.5) is 5.95 Å². The van der Waals surface area contributed by atoms with Crippen molar-refractivity contribution in [2.75, 3.05) is 5.32 Å². The first kappa shape index (κ1) is 11.9. The van der Waals surface area contributed by atoms with E-state index in [-0.39, 0.29) is 6.10 Å². The van der Waals surface area contributed by atoms with Gasteiger partial charge in [0, 0.05) is 18.3 Å². The first-order chi connectivity index (χ1) is 8.72. The molecule has 1 aliphatic carbocycles. The Kier molecular flexibility index (Phi) is 3.17. The summed E-state index contributed by atoms with van der Waals surface area (Å²) in [6.45, 7) is 0. The van der Waals surface area contributed by atoms with E-state index in [1.807, 2.05) is 6.07 Å². The third-order valence-electron chi connectivity index (χ3n) is 3.26. The van der Waals surface area contributed by atoms with Crippen LogP contribution in [0.1, 0.15) is 25.7 Å². The summed E-state index contributed by atoms with van der Waals surface area (Å²) < 4.78 is 2.24. The van der Waals surface area contributed by atoms with E-state index >= 15 is 0 Å². The van der Waals surface area contributed by atoms with Crippen LogP contribution in [0.5, 0.6) is 0 Å². The minimum atomic E-state index is -0.146. The molecular formula is C11H14BrN5O. The smallest absolute Gasteiger partial charge is 0.226 e. The van der Waals surface area contributed by atoms with Crippen molar-refractivity contribution in [3.63, 3.8) is 0 Å². The van der Waals surface area contributed by atoms with Gasteiger partial charge in [-0.1, -0.05) is 0 Å². The lowest BCUT2D eigenvalue weighted by Gasteiger charge is -2.26. The molecule has 0 aliphatic heterocycles. The highest BCUT2D eigenvalue weighted by atomic mass is 79.9. The first-order valence-corrected chi connectivity index (χ1v) is 6.83. The van der Waals surface area contributed by atoms with Crippen LogP contribution in [0, 0.1) is 0 Å². The maximum Gasteiger partial charge on any atom is 0.226 e. The summed E-state index contributed by atoms with van der Waals surface area (Å²) >= 11 is 3.26. The molecule has 1 saturated carbocycles. The molecule has 2 heterocycles. The van der Waals surface area contributed by atoms with Crippen molar-refractivity contribution in [3.05, 3.63) is 17.0 Å². The van der Waals surface area contributed by atoms with Crippen molar-refractivity contribution in [1.29, 1.82) is 0 Å². The third-order valence-corrected chi connectivity index (χ3v) is 3.59. The zero-order chi connectivity index (χ0) is 12.5. The van der Waals surface area contributed by atoms with Gasteiger partial charge in [0.05, 0.1) is 6.10 Å². The molecule has 0 radical (unpaired) electrons. The largest absolute Gasteiger partial charge is 0.393 e. The summed E-state index contributed by atoms with van der Waals surface area (Å²) in [5, 5.41) is 17.1. The van der Waals surface area contributed by atoms with E-state index in [1.54, 1.807) is 10.7 Å². The Bertz CT molecular complexity index is 549. The monoisotopic (exact) mass is 311 g/mol. The van der Waals surface area contributed by atoms with Gasteiger partial charge in [0.1, 0.15) is 0 Å². The van der Waals surface area contributed by atoms with Crippen LogP contribution in [-0.2, 0) is 0 Å². The number of aliphatic hydroxyl groups excluding tert-OH is 1. The quantitative estimate of drug-likeness (QED) is 0.881. The Morgan fingerprint density at radius 2 is 2.11 bits per heavy atom. The Labute approximate surface area is 113 Å². The van der Waals surface area contributed by atoms with Gasteiger partial charge in [0.25, 0.3) is 0 Å². The predicted octanol–water partition coefficient (Wildman–Crippen LogP) is 1.60. The molecule has 18 heavy (non-hydrogen) atoms. The summed E-state index contributed by atoms with van der Waals surface area (Å²) in [6, 6.07) is 2.16. The Balaban J connectivity index is 1.82. The number of rotatable bonds is 2. The Morgan fingerprint density at radius 3 is 2.89 bits per heavy atom. The van der Waals surface area contributed by atoms with Crippen LogP contribution in [-0.4, -0.2) is 36.8 Å². The molecule has 2 aromatic rings. The summed E-state index contributed by atoms with van der Waals surface area (Å²) in [5.41, 5.74) is 0.759. The number of nitrogens with one attached hydrogen (secondary N) is 1. The zero-order valence-corrected chi connectivity index (χ0v) is 11.3. The molecule has 0 bridgehead atoms. The number of aliphatic hydroxyl groups is 1. The van der Waals surface area contributed by atoms with Crippen molar-refractivity contribution < 1.29 is 5.11 Å². The molecule has 96 valence electrons. The fraction of sp³-hybridized carbons (Fsp3) is 0.545. The van der Waals surface area contributed by atoms with Gasteiger partial charge in [-0.25, -0.2) is 9.97 Å². The van der Waals surface area contributed by atoms with Gasteiger partial charge >= 0.3 is 0 Å². The number of hydrogen-bond acceptors (Lipinski definition) is 5. The number of hydrogen-bond donors (Lipinski definition) is 2. The molecular weight excluding hydrogens is 298 g/mol. The number of anilines is 1. The minimum Gasteiger partial charge on any atom is -0.393 e. The van der Waals surface area contributed by atoms with Gasteiger partial charge in [0.15, 0.2) is 5.65 Å². The molecule has 2 N–H and O–H groups in total. The number of aromatic nitrogens is 4. The predicted molar refractivity (Wildman–Crippen MR) is 70.4 cm³/mol. The first-order valence-electron chi connectivity index (χ1n) is 6.04. The molecule has 1 fully saturated rings. The minimum absolute atomic E-state index is 0.146. The molecule has 0 aromatic carbocycles. The van der Waals surface area contributed by atoms with E-state index in [1.165, 1.54) is 0 Å². The molecule has 1 aliphatic rings.